The van der Waals surface area contributed by atoms with Gasteiger partial charge >= 0.3 is 0 Å². The maximum absolute atomic E-state index is 12.0. The largest absolute Gasteiger partial charge is 0.338 e. The summed E-state index contributed by atoms with van der Waals surface area (Å²) < 4.78 is 0. The first kappa shape index (κ1) is 9.90. The van der Waals surface area contributed by atoms with E-state index in [1.54, 1.807) is 24.5 Å². The molecule has 1 amide bonds. The summed E-state index contributed by atoms with van der Waals surface area (Å²) in [7, 11) is 0. The minimum atomic E-state index is 0.102. The average Bonchev–Trinajstić information content (AvgIpc) is 2.30. The summed E-state index contributed by atoms with van der Waals surface area (Å²) in [5, 5.41) is 0. The molecule has 0 saturated carbocycles. The second kappa shape index (κ2) is 4.26. The Labute approximate surface area is 89.4 Å². The molecule has 3 nitrogen and oxygen atoms in total. The molecule has 3 heteroatoms. The number of piperidine rings is 1. The first-order valence-electron chi connectivity index (χ1n) is 5.13. The van der Waals surface area contributed by atoms with Crippen LogP contribution in [-0.2, 0) is 0 Å². The molecule has 15 heavy (non-hydrogen) atoms. The van der Waals surface area contributed by atoms with Crippen LogP contribution in [0.4, 0.5) is 0 Å². The smallest absolute Gasteiger partial charge is 0.253 e. The maximum Gasteiger partial charge on any atom is 0.253 e. The molecule has 0 radical (unpaired) electrons. The summed E-state index contributed by atoms with van der Waals surface area (Å²) in [4.78, 5) is 17.8. The Kier molecular flexibility index (Phi) is 2.81. The molecule has 1 aliphatic rings. The molecule has 0 bridgehead atoms. The van der Waals surface area contributed by atoms with Gasteiger partial charge in [-0.1, -0.05) is 12.2 Å². The SMILES string of the molecule is C=C1CCN(C(=O)c2ccncc2)CC1. The monoisotopic (exact) mass is 202 g/mol. The van der Waals surface area contributed by atoms with E-state index >= 15 is 0 Å². The highest BCUT2D eigenvalue weighted by atomic mass is 16.2. The van der Waals surface area contributed by atoms with Crippen molar-refractivity contribution in [2.75, 3.05) is 13.1 Å². The molecular formula is C12H14N2O. The minimum absolute atomic E-state index is 0.102. The third-order valence-electron chi connectivity index (χ3n) is 2.69. The predicted molar refractivity (Wildman–Crippen MR) is 58.5 cm³/mol. The molecule has 2 rings (SSSR count). The normalized spacial score (nSPS) is 16.5. The Morgan fingerprint density at radius 3 is 2.47 bits per heavy atom. The van der Waals surface area contributed by atoms with Crippen molar-refractivity contribution in [3.8, 4) is 0 Å². The highest BCUT2D eigenvalue weighted by Gasteiger charge is 2.18. The second-order valence-electron chi connectivity index (χ2n) is 3.78. The van der Waals surface area contributed by atoms with Gasteiger partial charge in [-0.05, 0) is 25.0 Å². The fourth-order valence-corrected chi connectivity index (χ4v) is 1.70. The van der Waals surface area contributed by atoms with E-state index in [2.05, 4.69) is 11.6 Å². The van der Waals surface area contributed by atoms with Crippen LogP contribution in [0, 0.1) is 0 Å². The van der Waals surface area contributed by atoms with E-state index < -0.39 is 0 Å². The minimum Gasteiger partial charge on any atom is -0.338 e. The zero-order valence-corrected chi connectivity index (χ0v) is 8.65. The van der Waals surface area contributed by atoms with Gasteiger partial charge in [0.2, 0.25) is 0 Å². The summed E-state index contributed by atoms with van der Waals surface area (Å²) >= 11 is 0. The van der Waals surface area contributed by atoms with Gasteiger partial charge in [0.05, 0.1) is 0 Å². The topological polar surface area (TPSA) is 33.2 Å². The van der Waals surface area contributed by atoms with Gasteiger partial charge in [-0.2, -0.15) is 0 Å². The van der Waals surface area contributed by atoms with E-state index in [4.69, 9.17) is 0 Å². The molecule has 1 aliphatic heterocycles. The van der Waals surface area contributed by atoms with E-state index in [0.717, 1.165) is 31.5 Å². The first-order chi connectivity index (χ1) is 7.27. The summed E-state index contributed by atoms with van der Waals surface area (Å²) in [6, 6.07) is 3.51. The van der Waals surface area contributed by atoms with Crippen LogP contribution in [0.3, 0.4) is 0 Å². The van der Waals surface area contributed by atoms with Gasteiger partial charge in [0.25, 0.3) is 5.91 Å². The average molecular weight is 202 g/mol. The van der Waals surface area contributed by atoms with E-state index in [9.17, 15) is 4.79 Å². The summed E-state index contributed by atoms with van der Waals surface area (Å²) in [5.74, 6) is 0.102. The molecule has 1 fully saturated rings. The summed E-state index contributed by atoms with van der Waals surface area (Å²) in [6.45, 7) is 5.52. The highest BCUT2D eigenvalue weighted by Crippen LogP contribution is 2.16. The number of likely N-dealkylation sites (tertiary alicyclic amines) is 1. The molecule has 0 atom stereocenters. The third kappa shape index (κ3) is 2.24. The van der Waals surface area contributed by atoms with Crippen LogP contribution in [-0.4, -0.2) is 28.9 Å². The van der Waals surface area contributed by atoms with Crippen LogP contribution in [0.15, 0.2) is 36.7 Å². The lowest BCUT2D eigenvalue weighted by molar-refractivity contribution is 0.0743. The van der Waals surface area contributed by atoms with Crippen molar-refractivity contribution in [2.24, 2.45) is 0 Å². The zero-order chi connectivity index (χ0) is 10.7. The maximum atomic E-state index is 12.0. The Balaban J connectivity index is 2.06. The van der Waals surface area contributed by atoms with Gasteiger partial charge in [0.1, 0.15) is 0 Å². The lowest BCUT2D eigenvalue weighted by Gasteiger charge is -2.28. The van der Waals surface area contributed by atoms with Crippen LogP contribution in [0.25, 0.3) is 0 Å². The number of pyridine rings is 1. The van der Waals surface area contributed by atoms with Crippen LogP contribution in [0.5, 0.6) is 0 Å². The lowest BCUT2D eigenvalue weighted by Crippen LogP contribution is -2.36. The van der Waals surface area contributed by atoms with Crippen molar-refractivity contribution in [2.45, 2.75) is 12.8 Å². The van der Waals surface area contributed by atoms with Crippen molar-refractivity contribution in [3.05, 3.63) is 42.2 Å². The number of nitrogens with zero attached hydrogens (tertiary/aromatic N) is 2. The number of carbonyl (C=O) groups is 1. The van der Waals surface area contributed by atoms with Crippen LogP contribution in [0.2, 0.25) is 0 Å². The number of amides is 1. The quantitative estimate of drug-likeness (QED) is 0.651. The molecular weight excluding hydrogens is 188 g/mol. The molecule has 78 valence electrons. The number of rotatable bonds is 1. The van der Waals surface area contributed by atoms with Gasteiger partial charge < -0.3 is 4.90 Å². The molecule has 0 unspecified atom stereocenters. The Morgan fingerprint density at radius 2 is 1.87 bits per heavy atom. The van der Waals surface area contributed by atoms with Crippen molar-refractivity contribution in [1.29, 1.82) is 0 Å². The van der Waals surface area contributed by atoms with Crippen LogP contribution < -0.4 is 0 Å². The molecule has 1 aromatic rings. The third-order valence-corrected chi connectivity index (χ3v) is 2.69. The Morgan fingerprint density at radius 1 is 1.27 bits per heavy atom. The van der Waals surface area contributed by atoms with Crippen LogP contribution >= 0.6 is 0 Å². The van der Waals surface area contributed by atoms with Gasteiger partial charge in [-0.15, -0.1) is 0 Å². The lowest BCUT2D eigenvalue weighted by atomic mass is 10.1. The van der Waals surface area contributed by atoms with E-state index in [0.29, 0.717) is 0 Å². The molecule has 0 N–H and O–H groups in total. The number of aromatic nitrogens is 1. The fourth-order valence-electron chi connectivity index (χ4n) is 1.70. The number of carbonyl (C=O) groups excluding carboxylic acids is 1. The molecule has 1 saturated heterocycles. The van der Waals surface area contributed by atoms with E-state index in [1.807, 2.05) is 4.90 Å². The summed E-state index contributed by atoms with van der Waals surface area (Å²) in [5.41, 5.74) is 1.96. The molecule has 0 spiro atoms. The first-order valence-corrected chi connectivity index (χ1v) is 5.13. The molecule has 0 aromatic carbocycles. The van der Waals surface area contributed by atoms with Gasteiger partial charge in [-0.3, -0.25) is 9.78 Å². The van der Waals surface area contributed by atoms with Crippen molar-refractivity contribution in [3.63, 3.8) is 0 Å². The standard InChI is InChI=1S/C12H14N2O/c1-10-4-8-14(9-5-10)12(15)11-2-6-13-7-3-11/h2-3,6-7H,1,4-5,8-9H2. The van der Waals surface area contributed by atoms with E-state index in [-0.39, 0.29) is 5.91 Å². The summed E-state index contributed by atoms with van der Waals surface area (Å²) in [6.07, 6.45) is 5.15. The van der Waals surface area contributed by atoms with Crippen LogP contribution in [0.1, 0.15) is 23.2 Å². The van der Waals surface area contributed by atoms with Gasteiger partial charge in [0.15, 0.2) is 0 Å². The number of hydrogen-bond donors (Lipinski definition) is 0. The van der Waals surface area contributed by atoms with Crippen molar-refractivity contribution >= 4 is 5.91 Å². The number of hydrogen-bond acceptors (Lipinski definition) is 2. The molecule has 0 aliphatic carbocycles. The Hall–Kier alpha value is -1.64. The second-order valence-corrected chi connectivity index (χ2v) is 3.78. The fraction of sp³-hybridized carbons (Fsp3) is 0.333. The zero-order valence-electron chi connectivity index (χ0n) is 8.65. The molecule has 2 heterocycles. The highest BCUT2D eigenvalue weighted by molar-refractivity contribution is 5.94. The van der Waals surface area contributed by atoms with Crippen molar-refractivity contribution < 1.29 is 4.79 Å². The van der Waals surface area contributed by atoms with E-state index in [1.165, 1.54) is 5.57 Å². The molecule has 1 aromatic heterocycles. The predicted octanol–water partition coefficient (Wildman–Crippen LogP) is 1.87. The van der Waals surface area contributed by atoms with Gasteiger partial charge in [-0.25, -0.2) is 0 Å². The van der Waals surface area contributed by atoms with Crippen molar-refractivity contribution in [1.82, 2.24) is 9.88 Å². The Bertz CT molecular complexity index is 362. The van der Waals surface area contributed by atoms with Gasteiger partial charge in [0, 0.05) is 31.0 Å².